The number of amides is 2. The summed E-state index contributed by atoms with van der Waals surface area (Å²) in [6, 6.07) is 9.20. The van der Waals surface area contributed by atoms with E-state index in [1.165, 1.54) is 0 Å². The molecule has 34 heavy (non-hydrogen) atoms. The van der Waals surface area contributed by atoms with Crippen LogP contribution in [0.15, 0.2) is 47.4 Å². The Morgan fingerprint density at radius 3 is 2.62 bits per heavy atom. The van der Waals surface area contributed by atoms with Crippen LogP contribution in [0.2, 0.25) is 5.02 Å². The van der Waals surface area contributed by atoms with Gasteiger partial charge in [-0.15, -0.1) is 0 Å². The lowest BCUT2D eigenvalue weighted by atomic mass is 10.1. The third kappa shape index (κ3) is 4.42. The molecule has 0 radical (unpaired) electrons. The summed E-state index contributed by atoms with van der Waals surface area (Å²) in [6.07, 6.45) is 1.07. The van der Waals surface area contributed by atoms with E-state index in [9.17, 15) is 27.6 Å². The van der Waals surface area contributed by atoms with Gasteiger partial charge in [0.2, 0.25) is 5.43 Å². The van der Waals surface area contributed by atoms with E-state index in [1.54, 1.807) is 30.3 Å². The van der Waals surface area contributed by atoms with Gasteiger partial charge in [0.15, 0.2) is 17.3 Å². The molecule has 3 N–H and O–H groups in total. The first-order valence-corrected chi connectivity index (χ1v) is 10.2. The Hall–Kier alpha value is -3.99. The maximum Gasteiger partial charge on any atom is 0.275 e. The zero-order chi connectivity index (χ0) is 24.4. The lowest BCUT2D eigenvalue weighted by Gasteiger charge is -2.24. The molecule has 2 aromatic carbocycles. The van der Waals surface area contributed by atoms with E-state index in [2.05, 4.69) is 16.1 Å². The van der Waals surface area contributed by atoms with Crippen LogP contribution >= 0.6 is 11.6 Å². The summed E-state index contributed by atoms with van der Waals surface area (Å²) in [7, 11) is 0. The largest absolute Gasteiger partial charge is 0.482 e. The van der Waals surface area contributed by atoms with Crippen LogP contribution in [-0.4, -0.2) is 23.2 Å². The molecule has 0 fully saturated rings. The van der Waals surface area contributed by atoms with E-state index in [0.717, 1.165) is 10.9 Å². The number of rotatable bonds is 6. The van der Waals surface area contributed by atoms with Crippen LogP contribution in [0.5, 0.6) is 5.75 Å². The zero-order valence-electron chi connectivity index (χ0n) is 17.3. The quantitative estimate of drug-likeness (QED) is 0.363. The summed E-state index contributed by atoms with van der Waals surface area (Å²) in [6.45, 7) is -0.768. The number of aromatic nitrogens is 1. The second-order valence-electron chi connectivity index (χ2n) is 7.16. The highest BCUT2D eigenvalue weighted by molar-refractivity contribution is 6.31. The van der Waals surface area contributed by atoms with Gasteiger partial charge >= 0.3 is 0 Å². The van der Waals surface area contributed by atoms with E-state index < -0.39 is 57.4 Å². The molecule has 4 rings (SSSR count). The van der Waals surface area contributed by atoms with E-state index in [0.29, 0.717) is 11.6 Å². The fourth-order valence-corrected chi connectivity index (χ4v) is 3.44. The number of hydrogen-bond acceptors (Lipinski definition) is 5. The van der Waals surface area contributed by atoms with Crippen molar-refractivity contribution in [2.45, 2.75) is 13.2 Å². The molecular formula is C22H16ClF3N4O4. The second-order valence-corrected chi connectivity index (χ2v) is 7.54. The maximum absolute atomic E-state index is 14.1. The van der Waals surface area contributed by atoms with Crippen LogP contribution in [0.1, 0.15) is 32.0 Å². The van der Waals surface area contributed by atoms with Crippen molar-refractivity contribution >= 4 is 23.4 Å². The summed E-state index contributed by atoms with van der Waals surface area (Å²) < 4.78 is 48.3. The maximum atomic E-state index is 14.1. The van der Waals surface area contributed by atoms with Crippen molar-refractivity contribution in [3.05, 3.63) is 97.7 Å². The Labute approximate surface area is 195 Å². The number of benzene rings is 2. The van der Waals surface area contributed by atoms with Crippen molar-refractivity contribution in [2.24, 2.45) is 0 Å². The highest BCUT2D eigenvalue weighted by Gasteiger charge is 2.28. The first-order valence-electron chi connectivity index (χ1n) is 9.86. The van der Waals surface area contributed by atoms with Gasteiger partial charge in [-0.2, -0.15) is 0 Å². The minimum Gasteiger partial charge on any atom is -0.482 e. The Kier molecular flexibility index (Phi) is 6.46. The molecular weight excluding hydrogens is 477 g/mol. The molecule has 2 amide bonds. The van der Waals surface area contributed by atoms with E-state index in [4.69, 9.17) is 16.3 Å². The first-order chi connectivity index (χ1) is 16.3. The summed E-state index contributed by atoms with van der Waals surface area (Å²) in [5.41, 5.74) is 1.28. The molecule has 2 heterocycles. The second kappa shape index (κ2) is 9.48. The summed E-state index contributed by atoms with van der Waals surface area (Å²) in [4.78, 5) is 38.2. The number of pyridine rings is 1. The average Bonchev–Trinajstić information content (AvgIpc) is 2.82. The van der Waals surface area contributed by atoms with Crippen LogP contribution in [0.4, 0.5) is 13.2 Å². The highest BCUT2D eigenvalue weighted by Crippen LogP contribution is 2.25. The summed E-state index contributed by atoms with van der Waals surface area (Å²) >= 11 is 5.47. The summed E-state index contributed by atoms with van der Waals surface area (Å²) in [5.74, 6) is -5.90. The number of hydrogen-bond donors (Lipinski definition) is 3. The summed E-state index contributed by atoms with van der Waals surface area (Å²) in [5, 5.41) is 3.79. The van der Waals surface area contributed by atoms with Gasteiger partial charge in [0.25, 0.3) is 11.8 Å². The molecule has 8 nitrogen and oxygen atoms in total. The monoisotopic (exact) mass is 492 g/mol. The van der Waals surface area contributed by atoms with Gasteiger partial charge in [0, 0.05) is 24.4 Å². The minimum atomic E-state index is -1.37. The number of carbonyl (C=O) groups is 2. The van der Waals surface area contributed by atoms with Gasteiger partial charge in [0.05, 0.1) is 0 Å². The molecule has 1 aliphatic rings. The Morgan fingerprint density at radius 2 is 1.88 bits per heavy atom. The van der Waals surface area contributed by atoms with Crippen molar-refractivity contribution in [1.82, 2.24) is 15.3 Å². The molecule has 176 valence electrons. The molecule has 0 saturated heterocycles. The Bertz CT molecular complexity index is 1350. The van der Waals surface area contributed by atoms with E-state index in [1.807, 2.05) is 0 Å². The third-order valence-corrected chi connectivity index (χ3v) is 5.33. The highest BCUT2D eigenvalue weighted by atomic mass is 35.5. The van der Waals surface area contributed by atoms with E-state index >= 15 is 0 Å². The molecule has 0 unspecified atom stereocenters. The molecule has 3 aromatic rings. The molecule has 0 bridgehead atoms. The smallest absolute Gasteiger partial charge is 0.275 e. The van der Waals surface area contributed by atoms with Crippen molar-refractivity contribution in [3.8, 4) is 5.75 Å². The fourth-order valence-electron chi connectivity index (χ4n) is 3.27. The Balaban J connectivity index is 1.65. The lowest BCUT2D eigenvalue weighted by molar-refractivity contribution is 0.0917. The van der Waals surface area contributed by atoms with Crippen LogP contribution in [-0.2, 0) is 13.2 Å². The average molecular weight is 493 g/mol. The zero-order valence-corrected chi connectivity index (χ0v) is 18.0. The molecule has 0 spiro atoms. The van der Waals surface area contributed by atoms with Crippen molar-refractivity contribution in [3.63, 3.8) is 0 Å². The van der Waals surface area contributed by atoms with Gasteiger partial charge in [-0.05, 0) is 5.56 Å². The van der Waals surface area contributed by atoms with Crippen LogP contribution < -0.4 is 26.2 Å². The SMILES string of the molecule is O=C(NCc1c(F)cc(F)c(Cl)c1F)c1cn2c(c(OCc3ccccc3)c1=O)C(=O)NCN2. The third-order valence-electron chi connectivity index (χ3n) is 4.98. The van der Waals surface area contributed by atoms with Gasteiger partial charge in [-0.1, -0.05) is 41.9 Å². The Morgan fingerprint density at radius 1 is 1.15 bits per heavy atom. The van der Waals surface area contributed by atoms with Crippen LogP contribution in [0, 0.1) is 17.5 Å². The number of halogens is 4. The predicted molar refractivity (Wildman–Crippen MR) is 116 cm³/mol. The van der Waals surface area contributed by atoms with Gasteiger partial charge in [0.1, 0.15) is 35.5 Å². The predicted octanol–water partition coefficient (Wildman–Crippen LogP) is 2.67. The molecule has 0 aliphatic carbocycles. The van der Waals surface area contributed by atoms with Gasteiger partial charge in [-0.25, -0.2) is 13.2 Å². The van der Waals surface area contributed by atoms with Crippen molar-refractivity contribution < 1.29 is 27.5 Å². The number of fused-ring (bicyclic) bond motifs is 1. The minimum absolute atomic E-state index is 0.0123. The number of nitrogens with one attached hydrogen (secondary N) is 3. The molecule has 1 aliphatic heterocycles. The van der Waals surface area contributed by atoms with Crippen LogP contribution in [0.3, 0.4) is 0 Å². The molecule has 0 atom stereocenters. The standard InChI is InChI=1S/C22H16ClF3N4O4/c23-16-15(25)6-14(24)12(17(16)26)7-27-21(32)13-8-30-18(22(33)28-10-29-30)20(19(13)31)34-9-11-4-2-1-3-5-11/h1-6,8,29H,7,9-10H2,(H,27,32)(H,28,33). The van der Waals surface area contributed by atoms with Crippen molar-refractivity contribution in [1.29, 1.82) is 0 Å². The van der Waals surface area contributed by atoms with Crippen LogP contribution in [0.25, 0.3) is 0 Å². The first kappa shape index (κ1) is 23.2. The lowest BCUT2D eigenvalue weighted by Crippen LogP contribution is -2.44. The molecule has 0 saturated carbocycles. The number of carbonyl (C=O) groups excluding carboxylic acids is 2. The fraction of sp³-hybridized carbons (Fsp3) is 0.136. The van der Waals surface area contributed by atoms with Crippen molar-refractivity contribution in [2.75, 3.05) is 12.1 Å². The van der Waals surface area contributed by atoms with Gasteiger partial charge < -0.3 is 20.8 Å². The normalized spacial score (nSPS) is 12.4. The number of ether oxygens (including phenoxy) is 1. The van der Waals surface area contributed by atoms with E-state index in [-0.39, 0.29) is 24.7 Å². The molecule has 12 heteroatoms. The van der Waals surface area contributed by atoms with Gasteiger partial charge in [-0.3, -0.25) is 19.1 Å². The molecule has 1 aromatic heterocycles. The topological polar surface area (TPSA) is 101 Å². The number of nitrogens with zero attached hydrogens (tertiary/aromatic N) is 1.